The van der Waals surface area contributed by atoms with Crippen molar-refractivity contribution in [1.29, 1.82) is 0 Å². The fourth-order valence-corrected chi connectivity index (χ4v) is 6.43. The fraction of sp³-hybridized carbons (Fsp3) is 0.314. The van der Waals surface area contributed by atoms with Gasteiger partial charge in [-0.15, -0.1) is 0 Å². The summed E-state index contributed by atoms with van der Waals surface area (Å²) < 4.78 is 2.12. The predicted molar refractivity (Wildman–Crippen MR) is 166 cm³/mol. The van der Waals surface area contributed by atoms with Gasteiger partial charge in [0.25, 0.3) is 5.91 Å². The van der Waals surface area contributed by atoms with Gasteiger partial charge >= 0.3 is 0 Å². The molecular weight excluding hydrogens is 520 g/mol. The van der Waals surface area contributed by atoms with Gasteiger partial charge in [-0.25, -0.2) is 4.98 Å². The lowest BCUT2D eigenvalue weighted by molar-refractivity contribution is 0.0949. The molecule has 6 rings (SSSR count). The lowest BCUT2D eigenvalue weighted by Gasteiger charge is -2.35. The number of hydrogen-bond acceptors (Lipinski definition) is 5. The van der Waals surface area contributed by atoms with Crippen LogP contribution in [0.3, 0.4) is 0 Å². The minimum atomic E-state index is -0.0839. The molecular formula is C35H38N6O. The van der Waals surface area contributed by atoms with Gasteiger partial charge in [0, 0.05) is 39.1 Å². The number of amides is 1. The van der Waals surface area contributed by atoms with Gasteiger partial charge in [-0.3, -0.25) is 19.7 Å². The largest absolute Gasteiger partial charge is 0.348 e. The normalized spacial score (nSPS) is 14.7. The maximum Gasteiger partial charge on any atom is 0.253 e. The second kappa shape index (κ2) is 12.2. The van der Waals surface area contributed by atoms with Gasteiger partial charge in [-0.2, -0.15) is 0 Å². The van der Waals surface area contributed by atoms with Gasteiger partial charge in [0.05, 0.1) is 40.4 Å². The first-order chi connectivity index (χ1) is 20.5. The van der Waals surface area contributed by atoms with Crippen LogP contribution in [0.2, 0.25) is 0 Å². The highest BCUT2D eigenvalue weighted by molar-refractivity contribution is 5.96. The Balaban J connectivity index is 1.23. The van der Waals surface area contributed by atoms with E-state index in [0.717, 1.165) is 61.1 Å². The number of nitrogens with zero attached hydrogens (tertiary/aromatic N) is 5. The number of carbonyl (C=O) groups excluding carboxylic acids is 1. The molecule has 1 N–H and O–H groups in total. The van der Waals surface area contributed by atoms with E-state index in [0.29, 0.717) is 12.1 Å². The van der Waals surface area contributed by atoms with E-state index in [1.807, 2.05) is 32.4 Å². The van der Waals surface area contributed by atoms with Crippen molar-refractivity contribution in [1.82, 2.24) is 29.7 Å². The molecule has 0 saturated heterocycles. The summed E-state index contributed by atoms with van der Waals surface area (Å²) in [7, 11) is 2.07. The molecule has 0 spiro atoms. The summed E-state index contributed by atoms with van der Waals surface area (Å²) in [5, 5.41) is 3.11. The molecule has 7 nitrogen and oxygen atoms in total. The first kappa shape index (κ1) is 27.8. The summed E-state index contributed by atoms with van der Waals surface area (Å²) in [4.78, 5) is 29.3. The Morgan fingerprint density at radius 3 is 2.74 bits per heavy atom. The van der Waals surface area contributed by atoms with Gasteiger partial charge in [0.2, 0.25) is 0 Å². The molecule has 1 aliphatic rings. The number of nitrogens with one attached hydrogen (secondary N) is 1. The molecule has 2 aromatic carbocycles. The van der Waals surface area contributed by atoms with Crippen LogP contribution in [0.4, 0.5) is 0 Å². The van der Waals surface area contributed by atoms with Crippen LogP contribution in [0.1, 0.15) is 68.4 Å². The highest BCUT2D eigenvalue weighted by Crippen LogP contribution is 2.34. The van der Waals surface area contributed by atoms with E-state index in [1.165, 1.54) is 27.9 Å². The molecule has 0 bridgehead atoms. The van der Waals surface area contributed by atoms with E-state index in [-0.39, 0.29) is 11.9 Å². The molecule has 7 heteroatoms. The van der Waals surface area contributed by atoms with Crippen molar-refractivity contribution in [3.8, 4) is 0 Å². The highest BCUT2D eigenvalue weighted by atomic mass is 16.1. The van der Waals surface area contributed by atoms with Crippen molar-refractivity contribution < 1.29 is 4.79 Å². The zero-order valence-corrected chi connectivity index (χ0v) is 24.7. The van der Waals surface area contributed by atoms with E-state index < -0.39 is 0 Å². The quantitative estimate of drug-likeness (QED) is 0.239. The van der Waals surface area contributed by atoms with E-state index in [2.05, 4.69) is 86.4 Å². The van der Waals surface area contributed by atoms with E-state index in [4.69, 9.17) is 4.98 Å². The third-order valence-corrected chi connectivity index (χ3v) is 8.50. The van der Waals surface area contributed by atoms with Crippen molar-refractivity contribution in [2.24, 2.45) is 7.05 Å². The summed E-state index contributed by atoms with van der Waals surface area (Å²) in [5.41, 5.74) is 10.8. The minimum Gasteiger partial charge on any atom is -0.348 e. The molecule has 3 heterocycles. The van der Waals surface area contributed by atoms with E-state index >= 15 is 0 Å². The highest BCUT2D eigenvalue weighted by Gasteiger charge is 2.27. The number of aryl methyl sites for hydroxylation is 4. The molecule has 1 atom stereocenters. The van der Waals surface area contributed by atoms with Gasteiger partial charge in [0.15, 0.2) is 0 Å². The number of imidazole rings is 1. The number of carbonyl (C=O) groups is 1. The second-order valence-electron chi connectivity index (χ2n) is 11.4. The Bertz CT molecular complexity index is 1700. The fourth-order valence-electron chi connectivity index (χ4n) is 6.43. The topological polar surface area (TPSA) is 75.9 Å². The lowest BCUT2D eigenvalue weighted by Crippen LogP contribution is -2.33. The lowest BCUT2D eigenvalue weighted by atomic mass is 9.90. The summed E-state index contributed by atoms with van der Waals surface area (Å²) in [5.74, 6) is -0.0839. The van der Waals surface area contributed by atoms with Crippen LogP contribution in [0.5, 0.6) is 0 Å². The van der Waals surface area contributed by atoms with Gasteiger partial charge in [-0.05, 0) is 85.5 Å². The summed E-state index contributed by atoms with van der Waals surface area (Å²) >= 11 is 0. The van der Waals surface area contributed by atoms with Gasteiger partial charge < -0.3 is 9.88 Å². The van der Waals surface area contributed by atoms with E-state index in [9.17, 15) is 4.79 Å². The van der Waals surface area contributed by atoms with Crippen molar-refractivity contribution in [3.05, 3.63) is 124 Å². The minimum absolute atomic E-state index is 0.0839. The molecule has 0 radical (unpaired) electrons. The van der Waals surface area contributed by atoms with Crippen LogP contribution in [-0.2, 0) is 33.0 Å². The maximum absolute atomic E-state index is 13.0. The molecule has 214 valence electrons. The molecule has 0 fully saturated rings. The van der Waals surface area contributed by atoms with Crippen LogP contribution < -0.4 is 5.32 Å². The number of para-hydroxylation sites is 1. The van der Waals surface area contributed by atoms with Gasteiger partial charge in [0.1, 0.15) is 0 Å². The number of pyridine rings is 2. The number of rotatable bonds is 9. The third kappa shape index (κ3) is 5.83. The Kier molecular flexibility index (Phi) is 8.11. The first-order valence-corrected chi connectivity index (χ1v) is 14.8. The first-order valence-electron chi connectivity index (χ1n) is 14.8. The van der Waals surface area contributed by atoms with Crippen molar-refractivity contribution in [2.75, 3.05) is 6.54 Å². The number of hydrogen-bond donors (Lipinski definition) is 1. The molecule has 5 aromatic rings. The Hall–Kier alpha value is -4.36. The average Bonchev–Trinajstić information content (AvgIpc) is 3.39. The van der Waals surface area contributed by atoms with Crippen LogP contribution in [0.15, 0.2) is 79.4 Å². The monoisotopic (exact) mass is 558 g/mol. The zero-order chi connectivity index (χ0) is 29.1. The van der Waals surface area contributed by atoms with Crippen molar-refractivity contribution in [2.45, 2.75) is 58.7 Å². The van der Waals surface area contributed by atoms with Crippen LogP contribution in [-0.4, -0.2) is 36.9 Å². The molecule has 1 unspecified atom stereocenters. The molecule has 42 heavy (non-hydrogen) atoms. The molecule has 1 aliphatic carbocycles. The Morgan fingerprint density at radius 1 is 1.00 bits per heavy atom. The standard InChI is InChI=1S/C35H38N6O/c1-24-15-18-36-25(2)32(24)35(42)38-21-26-8-4-9-27(20-26)22-41(31-14-6-10-28-12-7-17-37-33(28)31)19-16-29-11-5-13-30-34(29)40(3)23-39-30/h4-5,7-9,11-13,15,17-18,20,23,31H,6,10,14,16,19,21-22H2,1-3H3,(H,38,42). The SMILES string of the molecule is Cc1ccnc(C)c1C(=O)NCc1cccc(CN(CCc2cccc3ncn(C)c23)C2CCCc3cccnc32)c1. The second-order valence-corrected chi connectivity index (χ2v) is 11.4. The Labute approximate surface area is 247 Å². The van der Waals surface area contributed by atoms with Crippen LogP contribution in [0.25, 0.3) is 11.0 Å². The predicted octanol–water partition coefficient (Wildman–Crippen LogP) is 6.03. The maximum atomic E-state index is 13.0. The molecule has 1 amide bonds. The Morgan fingerprint density at radius 2 is 1.86 bits per heavy atom. The number of aromatic nitrogens is 4. The van der Waals surface area contributed by atoms with Gasteiger partial charge in [-0.1, -0.05) is 42.5 Å². The van der Waals surface area contributed by atoms with E-state index in [1.54, 1.807) is 6.20 Å². The number of fused-ring (bicyclic) bond motifs is 2. The third-order valence-electron chi connectivity index (χ3n) is 8.50. The summed E-state index contributed by atoms with van der Waals surface area (Å²) in [6.07, 6.45) is 9.85. The van der Waals surface area contributed by atoms with Crippen molar-refractivity contribution >= 4 is 16.9 Å². The zero-order valence-electron chi connectivity index (χ0n) is 24.7. The summed E-state index contributed by atoms with van der Waals surface area (Å²) in [6, 6.07) is 21.4. The van der Waals surface area contributed by atoms with Crippen molar-refractivity contribution in [3.63, 3.8) is 0 Å². The molecule has 0 saturated carbocycles. The summed E-state index contributed by atoms with van der Waals surface area (Å²) in [6.45, 7) is 6.02. The number of benzene rings is 2. The van der Waals surface area contributed by atoms with Crippen LogP contribution in [0, 0.1) is 13.8 Å². The molecule has 3 aromatic heterocycles. The smallest absolute Gasteiger partial charge is 0.253 e. The molecule has 0 aliphatic heterocycles. The van der Waals surface area contributed by atoms with Crippen LogP contribution >= 0.6 is 0 Å². The average molecular weight is 559 g/mol.